The molecular weight excluding hydrogens is 459 g/mol. The number of rotatable bonds is 6. The highest BCUT2D eigenvalue weighted by Crippen LogP contribution is 2.31. The third-order valence-corrected chi connectivity index (χ3v) is 4.85. The van der Waals surface area contributed by atoms with E-state index in [4.69, 9.17) is 9.47 Å². The molecule has 1 aromatic rings. The Bertz CT molecular complexity index is 656. The zero-order chi connectivity index (χ0) is 18.4. The molecule has 1 fully saturated rings. The number of aliphatic imine (C=N–C) groups is 1. The van der Waals surface area contributed by atoms with Gasteiger partial charge in [-0.2, -0.15) is 0 Å². The average molecular weight is 488 g/mol. The van der Waals surface area contributed by atoms with E-state index in [9.17, 15) is 4.79 Å². The standard InChI is InChI=1S/C19H28N4O3.HI/c1-20-19(22-11-8-15(12-22)13-25-2)21-9-5-10-23-16-6-3-4-7-17(16)26-14-18(23)24;/h3-4,6-7,15H,5,8-14H2,1-2H3,(H,20,21);1H. The predicted molar refractivity (Wildman–Crippen MR) is 117 cm³/mol. The maximum atomic E-state index is 12.2. The summed E-state index contributed by atoms with van der Waals surface area (Å²) in [4.78, 5) is 20.7. The van der Waals surface area contributed by atoms with Crippen LogP contribution in [0.25, 0.3) is 0 Å². The number of amides is 1. The Labute approximate surface area is 178 Å². The van der Waals surface area contributed by atoms with Crippen LogP contribution in [-0.2, 0) is 9.53 Å². The number of hydrogen-bond acceptors (Lipinski definition) is 4. The minimum Gasteiger partial charge on any atom is -0.482 e. The van der Waals surface area contributed by atoms with Crippen LogP contribution in [-0.4, -0.2) is 70.3 Å². The second-order valence-electron chi connectivity index (χ2n) is 6.69. The number of benzene rings is 1. The zero-order valence-electron chi connectivity index (χ0n) is 16.0. The average Bonchev–Trinajstić information content (AvgIpc) is 3.12. The van der Waals surface area contributed by atoms with E-state index in [-0.39, 0.29) is 36.5 Å². The van der Waals surface area contributed by atoms with E-state index in [0.29, 0.717) is 12.5 Å². The van der Waals surface area contributed by atoms with Gasteiger partial charge in [0.15, 0.2) is 12.6 Å². The molecule has 0 spiro atoms. The minimum atomic E-state index is 0. The molecule has 0 aliphatic carbocycles. The summed E-state index contributed by atoms with van der Waals surface area (Å²) in [6.07, 6.45) is 1.97. The maximum absolute atomic E-state index is 12.2. The van der Waals surface area contributed by atoms with E-state index in [0.717, 1.165) is 56.5 Å². The van der Waals surface area contributed by atoms with Crippen molar-refractivity contribution in [2.45, 2.75) is 12.8 Å². The molecule has 3 rings (SSSR count). The Morgan fingerprint density at radius 2 is 2.22 bits per heavy atom. The van der Waals surface area contributed by atoms with Gasteiger partial charge in [0.2, 0.25) is 0 Å². The fourth-order valence-corrected chi connectivity index (χ4v) is 3.57. The highest BCUT2D eigenvalue weighted by atomic mass is 127. The largest absolute Gasteiger partial charge is 0.482 e. The summed E-state index contributed by atoms with van der Waals surface area (Å²) in [5.41, 5.74) is 0.857. The Kier molecular flexibility index (Phi) is 8.62. The van der Waals surface area contributed by atoms with Crippen molar-refractivity contribution in [2.75, 3.05) is 58.5 Å². The van der Waals surface area contributed by atoms with Crippen molar-refractivity contribution in [1.82, 2.24) is 10.2 Å². The van der Waals surface area contributed by atoms with Crippen LogP contribution in [0.5, 0.6) is 5.75 Å². The molecule has 1 saturated heterocycles. The summed E-state index contributed by atoms with van der Waals surface area (Å²) in [5.74, 6) is 2.28. The predicted octanol–water partition coefficient (Wildman–Crippen LogP) is 1.96. The van der Waals surface area contributed by atoms with Gasteiger partial charge in [-0.3, -0.25) is 9.79 Å². The van der Waals surface area contributed by atoms with Crippen molar-refractivity contribution >= 4 is 41.5 Å². The number of carbonyl (C=O) groups is 1. The van der Waals surface area contributed by atoms with Gasteiger partial charge in [-0.25, -0.2) is 0 Å². The van der Waals surface area contributed by atoms with Crippen molar-refractivity contribution in [3.8, 4) is 5.75 Å². The lowest BCUT2D eigenvalue weighted by Gasteiger charge is -2.29. The molecule has 1 amide bonds. The fraction of sp³-hybridized carbons (Fsp3) is 0.579. The van der Waals surface area contributed by atoms with Crippen LogP contribution < -0.4 is 15.0 Å². The first-order chi connectivity index (χ1) is 12.7. The Balaban J connectivity index is 0.00000261. The first kappa shape index (κ1) is 21.7. The number of nitrogens with one attached hydrogen (secondary N) is 1. The minimum absolute atomic E-state index is 0. The summed E-state index contributed by atoms with van der Waals surface area (Å²) < 4.78 is 10.7. The topological polar surface area (TPSA) is 66.4 Å². The first-order valence-corrected chi connectivity index (χ1v) is 9.19. The molecule has 7 nitrogen and oxygen atoms in total. The van der Waals surface area contributed by atoms with Gasteiger partial charge in [0.1, 0.15) is 5.75 Å². The molecule has 0 bridgehead atoms. The highest BCUT2D eigenvalue weighted by Gasteiger charge is 2.26. The first-order valence-electron chi connectivity index (χ1n) is 9.19. The number of ether oxygens (including phenoxy) is 2. The number of carbonyl (C=O) groups excluding carboxylic acids is 1. The molecule has 0 aromatic heterocycles. The van der Waals surface area contributed by atoms with Crippen molar-refractivity contribution < 1.29 is 14.3 Å². The second kappa shape index (κ2) is 10.7. The molecule has 2 aliphatic heterocycles. The molecule has 150 valence electrons. The summed E-state index contributed by atoms with van der Waals surface area (Å²) in [6, 6.07) is 7.68. The van der Waals surface area contributed by atoms with Crippen LogP contribution in [0.4, 0.5) is 5.69 Å². The van der Waals surface area contributed by atoms with E-state index in [1.165, 1.54) is 0 Å². The number of para-hydroxylation sites is 2. The number of likely N-dealkylation sites (tertiary alicyclic amines) is 1. The Morgan fingerprint density at radius 1 is 1.41 bits per heavy atom. The number of guanidine groups is 1. The number of hydrogen-bond donors (Lipinski definition) is 1. The van der Waals surface area contributed by atoms with Gasteiger partial charge in [-0.05, 0) is 25.0 Å². The lowest BCUT2D eigenvalue weighted by molar-refractivity contribution is -0.121. The third-order valence-electron chi connectivity index (χ3n) is 4.85. The zero-order valence-corrected chi connectivity index (χ0v) is 18.3. The molecule has 2 aliphatic rings. The van der Waals surface area contributed by atoms with Crippen molar-refractivity contribution in [3.05, 3.63) is 24.3 Å². The monoisotopic (exact) mass is 488 g/mol. The van der Waals surface area contributed by atoms with E-state index < -0.39 is 0 Å². The van der Waals surface area contributed by atoms with E-state index in [1.54, 1.807) is 7.11 Å². The fourth-order valence-electron chi connectivity index (χ4n) is 3.57. The van der Waals surface area contributed by atoms with E-state index in [2.05, 4.69) is 15.2 Å². The van der Waals surface area contributed by atoms with Gasteiger partial charge in [-0.1, -0.05) is 12.1 Å². The van der Waals surface area contributed by atoms with Crippen LogP contribution in [0, 0.1) is 5.92 Å². The van der Waals surface area contributed by atoms with Crippen molar-refractivity contribution in [1.29, 1.82) is 0 Å². The molecule has 1 aromatic carbocycles. The number of nitrogens with zero attached hydrogens (tertiary/aromatic N) is 3. The molecule has 2 heterocycles. The normalized spacial score (nSPS) is 19.4. The molecule has 1 atom stereocenters. The molecule has 1 unspecified atom stereocenters. The molecule has 27 heavy (non-hydrogen) atoms. The van der Waals surface area contributed by atoms with Gasteiger partial charge in [-0.15, -0.1) is 24.0 Å². The van der Waals surface area contributed by atoms with E-state index >= 15 is 0 Å². The van der Waals surface area contributed by atoms with Crippen LogP contribution in [0.3, 0.4) is 0 Å². The molecular formula is C19H29IN4O3. The van der Waals surface area contributed by atoms with Gasteiger partial charge >= 0.3 is 0 Å². The summed E-state index contributed by atoms with van der Waals surface area (Å²) in [7, 11) is 3.56. The number of halogens is 1. The van der Waals surface area contributed by atoms with Crippen LogP contribution >= 0.6 is 24.0 Å². The van der Waals surface area contributed by atoms with Crippen molar-refractivity contribution in [2.24, 2.45) is 10.9 Å². The number of methoxy groups -OCH3 is 1. The lowest BCUT2D eigenvalue weighted by atomic mass is 10.1. The molecule has 1 N–H and O–H groups in total. The van der Waals surface area contributed by atoms with Gasteiger partial charge in [0.25, 0.3) is 5.91 Å². The number of fused-ring (bicyclic) bond motifs is 1. The maximum Gasteiger partial charge on any atom is 0.265 e. The molecule has 8 heteroatoms. The highest BCUT2D eigenvalue weighted by molar-refractivity contribution is 14.0. The summed E-state index contributed by atoms with van der Waals surface area (Å²) >= 11 is 0. The smallest absolute Gasteiger partial charge is 0.265 e. The van der Waals surface area contributed by atoms with Crippen LogP contribution in [0.15, 0.2) is 29.3 Å². The third kappa shape index (κ3) is 5.47. The van der Waals surface area contributed by atoms with Gasteiger partial charge in [0.05, 0.1) is 12.3 Å². The summed E-state index contributed by atoms with van der Waals surface area (Å²) in [6.45, 7) is 4.32. The van der Waals surface area contributed by atoms with Crippen LogP contribution in [0.2, 0.25) is 0 Å². The van der Waals surface area contributed by atoms with Crippen molar-refractivity contribution in [3.63, 3.8) is 0 Å². The lowest BCUT2D eigenvalue weighted by Crippen LogP contribution is -2.43. The van der Waals surface area contributed by atoms with Gasteiger partial charge < -0.3 is 24.6 Å². The Morgan fingerprint density at radius 3 is 3.00 bits per heavy atom. The Hall–Kier alpha value is -1.55. The number of anilines is 1. The quantitative estimate of drug-likeness (QED) is 0.287. The summed E-state index contributed by atoms with van der Waals surface area (Å²) in [5, 5.41) is 3.42. The van der Waals surface area contributed by atoms with Crippen LogP contribution in [0.1, 0.15) is 12.8 Å². The van der Waals surface area contributed by atoms with E-state index in [1.807, 2.05) is 36.2 Å². The molecule has 0 saturated carbocycles. The molecule has 0 radical (unpaired) electrons. The second-order valence-corrected chi connectivity index (χ2v) is 6.69. The SMILES string of the molecule is CN=C(NCCCN1C(=O)COc2ccccc21)N1CCC(COC)C1.I. The van der Waals surface area contributed by atoms with Gasteiger partial charge in [0, 0.05) is 46.3 Å².